The van der Waals surface area contributed by atoms with Gasteiger partial charge in [0.2, 0.25) is 0 Å². The van der Waals surface area contributed by atoms with Crippen molar-refractivity contribution in [3.63, 3.8) is 0 Å². The second kappa shape index (κ2) is 5.04. The molecule has 1 saturated heterocycles. The van der Waals surface area contributed by atoms with Gasteiger partial charge in [-0.15, -0.1) is 0 Å². The summed E-state index contributed by atoms with van der Waals surface area (Å²) < 4.78 is 0. The van der Waals surface area contributed by atoms with Gasteiger partial charge in [0.1, 0.15) is 0 Å². The molecule has 3 atom stereocenters. The predicted molar refractivity (Wildman–Crippen MR) is 81.2 cm³/mol. The van der Waals surface area contributed by atoms with Gasteiger partial charge in [0, 0.05) is 11.1 Å². The van der Waals surface area contributed by atoms with Crippen molar-refractivity contribution < 1.29 is 5.11 Å². The highest BCUT2D eigenvalue weighted by Gasteiger charge is 2.45. The lowest BCUT2D eigenvalue weighted by Crippen LogP contribution is -2.59. The van der Waals surface area contributed by atoms with Crippen LogP contribution in [0.15, 0.2) is 0 Å². The van der Waals surface area contributed by atoms with Crippen LogP contribution in [-0.4, -0.2) is 34.2 Å². The van der Waals surface area contributed by atoms with Gasteiger partial charge in [-0.25, -0.2) is 0 Å². The number of aliphatic hydroxyl groups is 1. The van der Waals surface area contributed by atoms with Crippen LogP contribution in [0.4, 0.5) is 0 Å². The van der Waals surface area contributed by atoms with Gasteiger partial charge < -0.3 is 5.11 Å². The highest BCUT2D eigenvalue weighted by atomic mass is 16.3. The van der Waals surface area contributed by atoms with E-state index < -0.39 is 0 Å². The van der Waals surface area contributed by atoms with Gasteiger partial charge in [-0.3, -0.25) is 4.90 Å². The van der Waals surface area contributed by atoms with Gasteiger partial charge in [0.15, 0.2) is 0 Å². The topological polar surface area (TPSA) is 23.5 Å². The molecule has 3 unspecified atom stereocenters. The first kappa shape index (κ1) is 15.3. The third-order valence-electron chi connectivity index (χ3n) is 6.17. The zero-order valence-electron chi connectivity index (χ0n) is 13.7. The van der Waals surface area contributed by atoms with Gasteiger partial charge >= 0.3 is 0 Å². The first-order valence-electron chi connectivity index (χ1n) is 8.05. The zero-order chi connectivity index (χ0) is 14.4. The molecule has 0 spiro atoms. The van der Waals surface area contributed by atoms with Crippen molar-refractivity contribution in [2.75, 3.05) is 7.05 Å². The van der Waals surface area contributed by atoms with E-state index in [0.717, 1.165) is 18.3 Å². The monoisotopic (exact) mass is 267 g/mol. The Hall–Kier alpha value is -0.0800. The van der Waals surface area contributed by atoms with E-state index in [0.29, 0.717) is 17.0 Å². The lowest BCUT2D eigenvalue weighted by atomic mass is 9.64. The third kappa shape index (κ3) is 3.00. The molecule has 1 aliphatic carbocycles. The third-order valence-corrected chi connectivity index (χ3v) is 6.17. The normalized spacial score (nSPS) is 40.3. The van der Waals surface area contributed by atoms with E-state index in [4.69, 9.17) is 0 Å². The molecular formula is C17H33NO. The van der Waals surface area contributed by atoms with Crippen molar-refractivity contribution in [1.29, 1.82) is 0 Å². The Morgan fingerprint density at radius 2 is 1.47 bits per heavy atom. The number of hydrogen-bond donors (Lipinski definition) is 1. The molecule has 0 radical (unpaired) electrons. The van der Waals surface area contributed by atoms with Gasteiger partial charge in [-0.1, -0.05) is 6.92 Å². The Morgan fingerprint density at radius 1 is 0.947 bits per heavy atom. The van der Waals surface area contributed by atoms with E-state index in [1.807, 2.05) is 0 Å². The summed E-state index contributed by atoms with van der Waals surface area (Å²) in [5.41, 5.74) is 0.595. The maximum absolute atomic E-state index is 9.93. The number of piperidine rings is 1. The van der Waals surface area contributed by atoms with Gasteiger partial charge in [-0.05, 0) is 84.6 Å². The molecule has 2 rings (SSSR count). The number of nitrogens with zero attached hydrogens (tertiary/aromatic N) is 1. The molecule has 0 bridgehead atoms. The van der Waals surface area contributed by atoms with E-state index >= 15 is 0 Å². The largest absolute Gasteiger partial charge is 0.393 e. The average Bonchev–Trinajstić information content (AvgIpc) is 2.28. The molecule has 1 aliphatic heterocycles. The molecule has 0 aromatic rings. The molecule has 1 heterocycles. The molecule has 0 aromatic carbocycles. The van der Waals surface area contributed by atoms with Crippen LogP contribution in [0.5, 0.6) is 0 Å². The minimum absolute atomic E-state index is 0.0523. The summed E-state index contributed by atoms with van der Waals surface area (Å²) in [6.45, 7) is 11.8. The van der Waals surface area contributed by atoms with Gasteiger partial charge in [0.25, 0.3) is 0 Å². The summed E-state index contributed by atoms with van der Waals surface area (Å²) >= 11 is 0. The Morgan fingerprint density at radius 3 is 1.95 bits per heavy atom. The lowest BCUT2D eigenvalue weighted by Gasteiger charge is -2.56. The number of hydrogen-bond acceptors (Lipinski definition) is 2. The van der Waals surface area contributed by atoms with E-state index in [9.17, 15) is 5.11 Å². The van der Waals surface area contributed by atoms with Crippen LogP contribution in [0.2, 0.25) is 0 Å². The van der Waals surface area contributed by atoms with Crippen molar-refractivity contribution in [2.45, 2.75) is 83.9 Å². The molecule has 2 heteroatoms. The van der Waals surface area contributed by atoms with E-state index in [1.54, 1.807) is 0 Å². The maximum atomic E-state index is 9.93. The van der Waals surface area contributed by atoms with Crippen molar-refractivity contribution in [3.05, 3.63) is 0 Å². The van der Waals surface area contributed by atoms with Gasteiger partial charge in [-0.2, -0.15) is 0 Å². The quantitative estimate of drug-likeness (QED) is 0.783. The predicted octanol–water partition coefficient (Wildman–Crippen LogP) is 3.68. The molecule has 0 aromatic heterocycles. The van der Waals surface area contributed by atoms with Crippen LogP contribution < -0.4 is 0 Å². The molecule has 19 heavy (non-hydrogen) atoms. The van der Waals surface area contributed by atoms with E-state index in [-0.39, 0.29) is 6.10 Å². The highest BCUT2D eigenvalue weighted by Crippen LogP contribution is 2.47. The van der Waals surface area contributed by atoms with Crippen LogP contribution in [0, 0.1) is 17.8 Å². The highest BCUT2D eigenvalue weighted by molar-refractivity contribution is 5.00. The second-order valence-electron chi connectivity index (χ2n) is 8.47. The van der Waals surface area contributed by atoms with Gasteiger partial charge in [0.05, 0.1) is 6.10 Å². The lowest BCUT2D eigenvalue weighted by molar-refractivity contribution is -0.0586. The van der Waals surface area contributed by atoms with Crippen molar-refractivity contribution in [1.82, 2.24) is 4.90 Å². The SMILES string of the molecule is CC1CC(C2CC(C)(C)N(C)C(C)(C)C2)CCC1O. The fourth-order valence-corrected chi connectivity index (χ4v) is 4.63. The number of rotatable bonds is 1. The second-order valence-corrected chi connectivity index (χ2v) is 8.47. The molecule has 0 amide bonds. The summed E-state index contributed by atoms with van der Waals surface area (Å²) in [6, 6.07) is 0. The Bertz CT molecular complexity index is 305. The van der Waals surface area contributed by atoms with Crippen molar-refractivity contribution >= 4 is 0 Å². The van der Waals surface area contributed by atoms with Crippen LogP contribution >= 0.6 is 0 Å². The van der Waals surface area contributed by atoms with Crippen LogP contribution in [0.1, 0.15) is 66.7 Å². The summed E-state index contributed by atoms with van der Waals surface area (Å²) in [4.78, 5) is 2.57. The molecular weight excluding hydrogens is 234 g/mol. The average molecular weight is 267 g/mol. The molecule has 2 aliphatic rings. The molecule has 112 valence electrons. The fraction of sp³-hybridized carbons (Fsp3) is 1.00. The Kier molecular flexibility index (Phi) is 4.06. The number of aliphatic hydroxyl groups excluding tert-OH is 1. The molecule has 2 fully saturated rings. The minimum Gasteiger partial charge on any atom is -0.393 e. The standard InChI is InChI=1S/C17H33NO/c1-12-9-13(7-8-15(12)19)14-10-16(2,3)18(6)17(4,5)11-14/h12-15,19H,7-11H2,1-6H3. The van der Waals surface area contributed by atoms with E-state index in [2.05, 4.69) is 46.6 Å². The molecule has 2 nitrogen and oxygen atoms in total. The van der Waals surface area contributed by atoms with Crippen LogP contribution in [0.3, 0.4) is 0 Å². The van der Waals surface area contributed by atoms with E-state index in [1.165, 1.54) is 25.7 Å². The minimum atomic E-state index is -0.0523. The summed E-state index contributed by atoms with van der Waals surface area (Å²) in [7, 11) is 2.28. The molecule has 1 N–H and O–H groups in total. The summed E-state index contributed by atoms with van der Waals surface area (Å²) in [5.74, 6) is 2.14. The Labute approximate surface area is 119 Å². The van der Waals surface area contributed by atoms with Crippen LogP contribution in [-0.2, 0) is 0 Å². The van der Waals surface area contributed by atoms with Crippen LogP contribution in [0.25, 0.3) is 0 Å². The maximum Gasteiger partial charge on any atom is 0.0566 e. The summed E-state index contributed by atoms with van der Waals surface area (Å²) in [6.07, 6.45) is 6.02. The van der Waals surface area contributed by atoms with Crippen molar-refractivity contribution in [3.8, 4) is 0 Å². The smallest absolute Gasteiger partial charge is 0.0566 e. The summed E-state index contributed by atoms with van der Waals surface area (Å²) in [5, 5.41) is 9.93. The Balaban J connectivity index is 2.09. The zero-order valence-corrected chi connectivity index (χ0v) is 13.7. The first-order chi connectivity index (χ1) is 8.63. The van der Waals surface area contributed by atoms with Crippen molar-refractivity contribution in [2.24, 2.45) is 17.8 Å². The number of likely N-dealkylation sites (tertiary alicyclic amines) is 1. The molecule has 1 saturated carbocycles. The fourth-order valence-electron chi connectivity index (χ4n) is 4.63. The first-order valence-corrected chi connectivity index (χ1v) is 8.05.